The average molecular weight is 287 g/mol. The first-order chi connectivity index (χ1) is 10.3. The van der Waals surface area contributed by atoms with Gasteiger partial charge in [0.1, 0.15) is 0 Å². The van der Waals surface area contributed by atoms with Gasteiger partial charge in [-0.25, -0.2) is 0 Å². The third-order valence-corrected chi connectivity index (χ3v) is 3.87. The van der Waals surface area contributed by atoms with Crippen LogP contribution in [-0.2, 0) is 11.3 Å². The number of ether oxygens (including phenoxy) is 1. The van der Waals surface area contributed by atoms with Gasteiger partial charge in [-0.1, -0.05) is 35.5 Å². The summed E-state index contributed by atoms with van der Waals surface area (Å²) in [5.74, 6) is 1.93. The molecule has 1 saturated heterocycles. The summed E-state index contributed by atoms with van der Waals surface area (Å²) < 4.78 is 10.5. The van der Waals surface area contributed by atoms with Crippen molar-refractivity contribution >= 4 is 0 Å². The molecule has 1 fully saturated rings. The van der Waals surface area contributed by atoms with Crippen LogP contribution in [0.4, 0.5) is 0 Å². The normalized spacial score (nSPS) is 19.8. The van der Waals surface area contributed by atoms with Crippen LogP contribution >= 0.6 is 0 Å². The summed E-state index contributed by atoms with van der Waals surface area (Å²) >= 11 is 0. The lowest BCUT2D eigenvalue weighted by Crippen LogP contribution is -2.24. The molecule has 21 heavy (non-hydrogen) atoms. The molecule has 1 aliphatic rings. The molecule has 2 atom stereocenters. The fraction of sp³-hybridized carbons (Fsp3) is 0.500. The van der Waals surface area contributed by atoms with Crippen LogP contribution in [0.5, 0.6) is 0 Å². The smallest absolute Gasteiger partial charge is 0.223 e. The van der Waals surface area contributed by atoms with Crippen molar-refractivity contribution < 1.29 is 9.26 Å². The second-order valence-corrected chi connectivity index (χ2v) is 5.54. The summed E-state index contributed by atoms with van der Waals surface area (Å²) in [6.45, 7) is 4.17. The molecule has 5 heteroatoms. The SMILES string of the molecule is Cc1nc(CNC(CC2CCOC2)c2ccccc2)no1. The van der Waals surface area contributed by atoms with Gasteiger partial charge in [-0.3, -0.25) is 0 Å². The highest BCUT2D eigenvalue weighted by atomic mass is 16.5. The summed E-state index contributed by atoms with van der Waals surface area (Å²) in [6.07, 6.45) is 2.22. The molecule has 0 saturated carbocycles. The maximum atomic E-state index is 5.49. The van der Waals surface area contributed by atoms with Gasteiger partial charge in [-0.05, 0) is 24.3 Å². The van der Waals surface area contributed by atoms with E-state index in [0.29, 0.717) is 24.2 Å². The minimum Gasteiger partial charge on any atom is -0.381 e. The molecule has 3 rings (SSSR count). The van der Waals surface area contributed by atoms with Gasteiger partial charge >= 0.3 is 0 Å². The zero-order valence-corrected chi connectivity index (χ0v) is 12.3. The van der Waals surface area contributed by atoms with Gasteiger partial charge < -0.3 is 14.6 Å². The molecule has 2 heterocycles. The molecular weight excluding hydrogens is 266 g/mol. The van der Waals surface area contributed by atoms with Crippen LogP contribution < -0.4 is 5.32 Å². The number of aryl methyl sites for hydroxylation is 1. The number of rotatable bonds is 6. The Bertz CT molecular complexity index is 550. The fourth-order valence-corrected chi connectivity index (χ4v) is 2.75. The molecule has 0 spiro atoms. The summed E-state index contributed by atoms with van der Waals surface area (Å²) in [6, 6.07) is 10.8. The lowest BCUT2D eigenvalue weighted by molar-refractivity contribution is 0.181. The highest BCUT2D eigenvalue weighted by Gasteiger charge is 2.22. The minimum atomic E-state index is 0.289. The van der Waals surface area contributed by atoms with Crippen LogP contribution in [0.1, 0.15) is 36.2 Å². The van der Waals surface area contributed by atoms with E-state index < -0.39 is 0 Å². The Labute approximate surface area is 124 Å². The van der Waals surface area contributed by atoms with Crippen LogP contribution in [0.2, 0.25) is 0 Å². The topological polar surface area (TPSA) is 60.2 Å². The summed E-state index contributed by atoms with van der Waals surface area (Å²) in [7, 11) is 0. The van der Waals surface area contributed by atoms with E-state index in [-0.39, 0.29) is 6.04 Å². The number of nitrogens with zero attached hydrogens (tertiary/aromatic N) is 2. The summed E-state index contributed by atoms with van der Waals surface area (Å²) in [4.78, 5) is 4.24. The minimum absolute atomic E-state index is 0.289. The quantitative estimate of drug-likeness (QED) is 0.885. The van der Waals surface area contributed by atoms with Crippen molar-refractivity contribution in [3.63, 3.8) is 0 Å². The van der Waals surface area contributed by atoms with Crippen molar-refractivity contribution in [3.8, 4) is 0 Å². The number of hydrogen-bond donors (Lipinski definition) is 1. The van der Waals surface area contributed by atoms with E-state index in [1.807, 2.05) is 6.07 Å². The average Bonchev–Trinajstić information content (AvgIpc) is 3.16. The molecule has 5 nitrogen and oxygen atoms in total. The Balaban J connectivity index is 1.66. The second-order valence-electron chi connectivity index (χ2n) is 5.54. The van der Waals surface area contributed by atoms with Crippen molar-refractivity contribution in [2.24, 2.45) is 5.92 Å². The Morgan fingerprint density at radius 1 is 1.33 bits per heavy atom. The maximum Gasteiger partial charge on any atom is 0.223 e. The monoisotopic (exact) mass is 287 g/mol. The first-order valence-electron chi connectivity index (χ1n) is 7.46. The predicted molar refractivity (Wildman–Crippen MR) is 78.6 cm³/mol. The van der Waals surface area contributed by atoms with Gasteiger partial charge in [0.2, 0.25) is 5.89 Å². The highest BCUT2D eigenvalue weighted by molar-refractivity contribution is 5.19. The van der Waals surface area contributed by atoms with Crippen LogP contribution in [0.15, 0.2) is 34.9 Å². The van der Waals surface area contributed by atoms with Gasteiger partial charge in [0, 0.05) is 26.2 Å². The molecule has 2 unspecified atom stereocenters. The maximum absolute atomic E-state index is 5.49. The van der Waals surface area contributed by atoms with Crippen LogP contribution in [0.3, 0.4) is 0 Å². The zero-order chi connectivity index (χ0) is 14.5. The molecule has 0 bridgehead atoms. The van der Waals surface area contributed by atoms with Crippen molar-refractivity contribution in [1.29, 1.82) is 0 Å². The van der Waals surface area contributed by atoms with E-state index in [9.17, 15) is 0 Å². The number of benzene rings is 1. The number of aromatic nitrogens is 2. The van der Waals surface area contributed by atoms with E-state index in [2.05, 4.69) is 39.7 Å². The number of hydrogen-bond acceptors (Lipinski definition) is 5. The molecule has 1 N–H and O–H groups in total. The Hall–Kier alpha value is -1.72. The third-order valence-electron chi connectivity index (χ3n) is 3.87. The fourth-order valence-electron chi connectivity index (χ4n) is 2.75. The standard InChI is InChI=1S/C16H21N3O2/c1-12-18-16(19-21-12)10-17-15(9-13-7-8-20-11-13)14-5-3-2-4-6-14/h2-6,13,15,17H,7-11H2,1H3. The van der Waals surface area contributed by atoms with E-state index >= 15 is 0 Å². The largest absolute Gasteiger partial charge is 0.381 e. The zero-order valence-electron chi connectivity index (χ0n) is 12.3. The molecular formula is C16H21N3O2. The Morgan fingerprint density at radius 3 is 2.86 bits per heavy atom. The van der Waals surface area contributed by atoms with Crippen molar-refractivity contribution in [1.82, 2.24) is 15.5 Å². The molecule has 0 amide bonds. The summed E-state index contributed by atoms with van der Waals surface area (Å²) in [5, 5.41) is 7.49. The van der Waals surface area contributed by atoms with Crippen molar-refractivity contribution in [2.75, 3.05) is 13.2 Å². The molecule has 1 aromatic carbocycles. The van der Waals surface area contributed by atoms with E-state index in [4.69, 9.17) is 9.26 Å². The second kappa shape index (κ2) is 6.83. The van der Waals surface area contributed by atoms with E-state index in [0.717, 1.165) is 26.1 Å². The molecule has 0 radical (unpaired) electrons. The van der Waals surface area contributed by atoms with E-state index in [1.54, 1.807) is 6.92 Å². The van der Waals surface area contributed by atoms with Gasteiger partial charge in [0.15, 0.2) is 5.82 Å². The van der Waals surface area contributed by atoms with Crippen molar-refractivity contribution in [3.05, 3.63) is 47.6 Å². The van der Waals surface area contributed by atoms with Crippen LogP contribution in [0.25, 0.3) is 0 Å². The molecule has 112 valence electrons. The van der Waals surface area contributed by atoms with Gasteiger partial charge in [-0.15, -0.1) is 0 Å². The van der Waals surface area contributed by atoms with Crippen LogP contribution in [-0.4, -0.2) is 23.4 Å². The number of nitrogens with one attached hydrogen (secondary N) is 1. The van der Waals surface area contributed by atoms with Crippen LogP contribution in [0, 0.1) is 12.8 Å². The third kappa shape index (κ3) is 3.89. The summed E-state index contributed by atoms with van der Waals surface area (Å²) in [5.41, 5.74) is 1.30. The molecule has 1 aromatic heterocycles. The van der Waals surface area contributed by atoms with E-state index in [1.165, 1.54) is 5.56 Å². The molecule has 2 aromatic rings. The first kappa shape index (κ1) is 14.2. The highest BCUT2D eigenvalue weighted by Crippen LogP contribution is 2.26. The van der Waals surface area contributed by atoms with Gasteiger partial charge in [0.05, 0.1) is 6.54 Å². The van der Waals surface area contributed by atoms with Crippen molar-refractivity contribution in [2.45, 2.75) is 32.4 Å². The molecule has 1 aliphatic heterocycles. The Morgan fingerprint density at radius 2 is 2.19 bits per heavy atom. The molecule has 0 aliphatic carbocycles. The lowest BCUT2D eigenvalue weighted by Gasteiger charge is -2.21. The lowest BCUT2D eigenvalue weighted by atomic mass is 9.94. The van der Waals surface area contributed by atoms with Gasteiger partial charge in [-0.2, -0.15) is 4.98 Å². The predicted octanol–water partition coefficient (Wildman–Crippen LogP) is 2.64. The Kier molecular flexibility index (Phi) is 4.62. The van der Waals surface area contributed by atoms with Gasteiger partial charge in [0.25, 0.3) is 0 Å². The first-order valence-corrected chi connectivity index (χ1v) is 7.46.